The third-order valence-corrected chi connectivity index (χ3v) is 2.16. The first-order chi connectivity index (χ1) is 10.2. The second-order valence-electron chi connectivity index (χ2n) is 3.90. The zero-order chi connectivity index (χ0) is 18.1. The molecule has 24 heavy (non-hydrogen) atoms. The topological polar surface area (TPSA) is 18.5 Å². The van der Waals surface area contributed by atoms with Crippen LogP contribution >= 0.6 is 0 Å². The molecular weight excluding hydrogens is 377 g/mol. The maximum atomic E-state index is 13.1. The molecule has 0 radical (unpaired) electrons. The molecule has 0 atom stereocenters. The predicted octanol–water partition coefficient (Wildman–Crippen LogP) is 1.93. The van der Waals surface area contributed by atoms with Gasteiger partial charge in [0.05, 0.1) is 6.36 Å². The summed E-state index contributed by atoms with van der Waals surface area (Å²) in [7, 11) is 0. The van der Waals surface area contributed by atoms with Crippen LogP contribution in [0.3, 0.4) is 0 Å². The van der Waals surface area contributed by atoms with Gasteiger partial charge in [0.1, 0.15) is 5.75 Å². The van der Waals surface area contributed by atoms with Crippen molar-refractivity contribution < 1.29 is 82.9 Å². The summed E-state index contributed by atoms with van der Waals surface area (Å²) in [5.41, 5.74) is 0. The average Bonchev–Trinajstić information content (AvgIpc) is 2.37. The van der Waals surface area contributed by atoms with Crippen molar-refractivity contribution in [3.63, 3.8) is 0 Å². The maximum absolute atomic E-state index is 13.1. The van der Waals surface area contributed by atoms with Crippen molar-refractivity contribution in [2.75, 3.05) is 0 Å². The molecule has 0 bridgehead atoms. The minimum atomic E-state index is -6.92. The number of hydrogen-bond acceptors (Lipinski definition) is 2. The molecule has 0 saturated carbocycles. The summed E-state index contributed by atoms with van der Waals surface area (Å²) in [6, 6.07) is 5.14. The number of rotatable bonds is 6. The molecule has 0 aliphatic carbocycles. The Kier molecular flexibility index (Phi) is 7.44. The van der Waals surface area contributed by atoms with Crippen molar-refractivity contribution in [1.82, 2.24) is 0 Å². The monoisotopic (exact) mass is 382 g/mol. The number of hydrogen-bond donors (Lipinski definition) is 0. The quantitative estimate of drug-likeness (QED) is 0.426. The van der Waals surface area contributed by atoms with E-state index in [1.165, 1.54) is 6.07 Å². The molecule has 1 rings (SSSR count). The Balaban J connectivity index is 0.00000529. The minimum Gasteiger partial charge on any atom is -0.453 e. The number of benzene rings is 1. The Hall–Kier alpha value is -0.720. The molecule has 2 nitrogen and oxygen atoms in total. The first-order valence-electron chi connectivity index (χ1n) is 5.37. The van der Waals surface area contributed by atoms with Gasteiger partial charge in [-0.15, -0.1) is 0 Å². The molecule has 0 N–H and O–H groups in total. The third kappa shape index (κ3) is 5.14. The van der Waals surface area contributed by atoms with E-state index < -0.39 is 36.4 Å². The van der Waals surface area contributed by atoms with Gasteiger partial charge in [-0.1, -0.05) is 18.2 Å². The third-order valence-electron chi connectivity index (χ3n) is 2.16. The summed E-state index contributed by atoms with van der Waals surface area (Å²) in [5, 5.41) is 0. The summed E-state index contributed by atoms with van der Waals surface area (Å²) in [5.74, 6) is -7.71. The van der Waals surface area contributed by atoms with Crippen LogP contribution in [-0.4, -0.2) is 24.3 Å². The summed E-state index contributed by atoms with van der Waals surface area (Å²) >= 11 is 0. The Morgan fingerprint density at radius 1 is 0.792 bits per heavy atom. The van der Waals surface area contributed by atoms with E-state index >= 15 is 0 Å². The number of ether oxygens (including phenoxy) is 2. The van der Waals surface area contributed by atoms with Crippen LogP contribution in [0.2, 0.25) is 0 Å². The molecule has 0 heterocycles. The summed E-state index contributed by atoms with van der Waals surface area (Å²) in [6.45, 7) is 0. The van der Waals surface area contributed by atoms with E-state index in [0.29, 0.717) is 0 Å². The van der Waals surface area contributed by atoms with E-state index in [1.54, 1.807) is 0 Å². The van der Waals surface area contributed by atoms with Crippen LogP contribution in [0, 0.1) is 6.36 Å². The Morgan fingerprint density at radius 3 is 1.67 bits per heavy atom. The summed E-state index contributed by atoms with van der Waals surface area (Å²) in [4.78, 5) is 0. The van der Waals surface area contributed by atoms with Crippen molar-refractivity contribution in [2.45, 2.75) is 24.3 Å². The molecule has 0 amide bonds. The second kappa shape index (κ2) is 7.67. The van der Waals surface area contributed by atoms with Crippen molar-refractivity contribution in [3.8, 4) is 5.75 Å². The Labute approximate surface area is 150 Å². The van der Waals surface area contributed by atoms with Crippen LogP contribution in [0.25, 0.3) is 0 Å². The van der Waals surface area contributed by atoms with E-state index in [2.05, 4.69) is 9.47 Å². The first-order valence-corrected chi connectivity index (χ1v) is 5.37. The van der Waals surface area contributed by atoms with Crippen LogP contribution in [0.4, 0.5) is 43.9 Å². The van der Waals surface area contributed by atoms with E-state index in [-0.39, 0.29) is 29.6 Å². The molecule has 0 unspecified atom stereocenters. The van der Waals surface area contributed by atoms with Gasteiger partial charge in [0.15, 0.2) is 0 Å². The van der Waals surface area contributed by atoms with Crippen LogP contribution < -0.4 is 34.3 Å². The normalized spacial score (nSPS) is 13.6. The van der Waals surface area contributed by atoms with Gasteiger partial charge in [-0.3, -0.25) is 0 Å². The van der Waals surface area contributed by atoms with Gasteiger partial charge in [-0.2, -0.15) is 39.5 Å². The van der Waals surface area contributed by atoms with Crippen molar-refractivity contribution >= 4 is 0 Å². The van der Waals surface area contributed by atoms with Crippen molar-refractivity contribution in [1.29, 1.82) is 0 Å². The minimum absolute atomic E-state index is 0. The molecule has 13 heteroatoms. The number of para-hydroxylation sites is 1. The SMILES string of the molecule is F[C-](OC(F)(F)C(F)(F)C(F)(F)F)C(F)(F)Oc1ccccc1.[Na+]. The van der Waals surface area contributed by atoms with Crippen LogP contribution in [0.15, 0.2) is 30.3 Å². The smallest absolute Gasteiger partial charge is 0.453 e. The molecule has 132 valence electrons. The summed E-state index contributed by atoms with van der Waals surface area (Å²) < 4.78 is 130. The zero-order valence-corrected chi connectivity index (χ0v) is 13.5. The first kappa shape index (κ1) is 23.3. The fraction of sp³-hybridized carbons (Fsp3) is 0.364. The van der Waals surface area contributed by atoms with E-state index in [1.807, 2.05) is 0 Å². The van der Waals surface area contributed by atoms with Gasteiger partial charge in [-0.25, -0.2) is 0 Å². The molecule has 0 fully saturated rings. The maximum Gasteiger partial charge on any atom is 1.00 e. The van der Waals surface area contributed by atoms with Crippen LogP contribution in [-0.2, 0) is 4.74 Å². The molecular formula is C11H5F10NaO2. The van der Waals surface area contributed by atoms with E-state index in [4.69, 9.17) is 0 Å². The van der Waals surface area contributed by atoms with Gasteiger partial charge >= 0.3 is 53.9 Å². The fourth-order valence-corrected chi connectivity index (χ4v) is 1.08. The molecule has 1 aromatic rings. The molecule has 0 aromatic heterocycles. The van der Waals surface area contributed by atoms with Crippen molar-refractivity contribution in [2.24, 2.45) is 0 Å². The molecule has 1 aromatic carbocycles. The zero-order valence-electron chi connectivity index (χ0n) is 11.5. The standard InChI is InChI=1S/C11H5F10O2.Na/c12-7(8(13,14)22-6-4-2-1-3-5-6)23-11(20,21)9(15,16)10(17,18)19;/h1-5H;/q-1;+1. The van der Waals surface area contributed by atoms with Gasteiger partial charge in [0.25, 0.3) is 0 Å². The molecule has 0 saturated heterocycles. The molecule has 0 spiro atoms. The fourth-order valence-electron chi connectivity index (χ4n) is 1.08. The Morgan fingerprint density at radius 2 is 1.25 bits per heavy atom. The van der Waals surface area contributed by atoms with Gasteiger partial charge < -0.3 is 13.9 Å². The molecule has 0 aliphatic heterocycles. The van der Waals surface area contributed by atoms with Crippen molar-refractivity contribution in [3.05, 3.63) is 36.7 Å². The van der Waals surface area contributed by atoms with Gasteiger partial charge in [-0.05, 0) is 12.1 Å². The van der Waals surface area contributed by atoms with Gasteiger partial charge in [0, 0.05) is 0 Å². The van der Waals surface area contributed by atoms with Gasteiger partial charge in [0.2, 0.25) is 0 Å². The summed E-state index contributed by atoms with van der Waals surface area (Å²) in [6.07, 6.45) is -22.5. The van der Waals surface area contributed by atoms with E-state index in [9.17, 15) is 43.9 Å². The predicted molar refractivity (Wildman–Crippen MR) is 53.4 cm³/mol. The average molecular weight is 382 g/mol. The largest absolute Gasteiger partial charge is 1.00 e. The number of alkyl halides is 9. The van der Waals surface area contributed by atoms with Crippen LogP contribution in [0.5, 0.6) is 5.75 Å². The van der Waals surface area contributed by atoms with E-state index in [0.717, 1.165) is 24.3 Å². The Bertz CT molecular complexity index is 519. The second-order valence-corrected chi connectivity index (χ2v) is 3.90. The number of halogens is 10. The van der Waals surface area contributed by atoms with Crippen LogP contribution in [0.1, 0.15) is 0 Å². The molecule has 0 aliphatic rings.